The van der Waals surface area contributed by atoms with Gasteiger partial charge in [-0.15, -0.1) is 0 Å². The summed E-state index contributed by atoms with van der Waals surface area (Å²) in [7, 11) is 0. The summed E-state index contributed by atoms with van der Waals surface area (Å²) in [6.07, 6.45) is 0.224. The third kappa shape index (κ3) is 5.91. The molecule has 0 aliphatic carbocycles. The van der Waals surface area contributed by atoms with Crippen molar-refractivity contribution in [2.45, 2.75) is 32.4 Å². The SMILES string of the molecule is CCC(CO)NCC(O)COc1ccc(C)cc1Br. The van der Waals surface area contributed by atoms with Crippen LogP contribution in [0.2, 0.25) is 0 Å². The van der Waals surface area contributed by atoms with E-state index in [1.54, 1.807) is 0 Å². The van der Waals surface area contributed by atoms with Crippen LogP contribution in [0.15, 0.2) is 22.7 Å². The third-order valence-electron chi connectivity index (χ3n) is 2.87. The largest absolute Gasteiger partial charge is 0.490 e. The van der Waals surface area contributed by atoms with Crippen molar-refractivity contribution in [3.8, 4) is 5.75 Å². The van der Waals surface area contributed by atoms with Crippen molar-refractivity contribution < 1.29 is 14.9 Å². The zero-order valence-electron chi connectivity index (χ0n) is 11.4. The number of rotatable bonds is 8. The molecule has 3 N–H and O–H groups in total. The van der Waals surface area contributed by atoms with Crippen LogP contribution < -0.4 is 10.1 Å². The van der Waals surface area contributed by atoms with E-state index in [9.17, 15) is 5.11 Å². The fourth-order valence-electron chi connectivity index (χ4n) is 1.61. The molecule has 19 heavy (non-hydrogen) atoms. The lowest BCUT2D eigenvalue weighted by molar-refractivity contribution is 0.0991. The van der Waals surface area contributed by atoms with Gasteiger partial charge in [-0.1, -0.05) is 13.0 Å². The van der Waals surface area contributed by atoms with Crippen molar-refractivity contribution in [2.24, 2.45) is 0 Å². The van der Waals surface area contributed by atoms with Crippen LogP contribution in [-0.4, -0.2) is 42.1 Å². The van der Waals surface area contributed by atoms with Gasteiger partial charge in [-0.05, 0) is 47.0 Å². The zero-order chi connectivity index (χ0) is 14.3. The summed E-state index contributed by atoms with van der Waals surface area (Å²) in [4.78, 5) is 0. The van der Waals surface area contributed by atoms with Gasteiger partial charge in [-0.25, -0.2) is 0 Å². The molecule has 0 aromatic heterocycles. The van der Waals surface area contributed by atoms with E-state index in [2.05, 4.69) is 21.2 Å². The topological polar surface area (TPSA) is 61.7 Å². The number of benzene rings is 1. The number of hydrogen-bond donors (Lipinski definition) is 3. The number of aliphatic hydroxyl groups is 2. The molecule has 0 amide bonds. The Kier molecular flexibility index (Phi) is 7.38. The predicted octanol–water partition coefficient (Wildman–Crippen LogP) is 1.86. The van der Waals surface area contributed by atoms with E-state index >= 15 is 0 Å². The Bertz CT molecular complexity index is 383. The minimum absolute atomic E-state index is 0.0285. The van der Waals surface area contributed by atoms with Gasteiger partial charge in [0.25, 0.3) is 0 Å². The van der Waals surface area contributed by atoms with Crippen molar-refractivity contribution in [1.82, 2.24) is 5.32 Å². The second-order valence-corrected chi connectivity index (χ2v) is 5.45. The van der Waals surface area contributed by atoms with Crippen molar-refractivity contribution in [2.75, 3.05) is 19.8 Å². The van der Waals surface area contributed by atoms with Crippen LogP contribution in [0.3, 0.4) is 0 Å². The predicted molar refractivity (Wildman–Crippen MR) is 79.5 cm³/mol. The van der Waals surface area contributed by atoms with Gasteiger partial charge in [0.1, 0.15) is 18.5 Å². The highest BCUT2D eigenvalue weighted by atomic mass is 79.9. The summed E-state index contributed by atoms with van der Waals surface area (Å²) < 4.78 is 6.44. The molecule has 0 spiro atoms. The van der Waals surface area contributed by atoms with Crippen molar-refractivity contribution >= 4 is 15.9 Å². The van der Waals surface area contributed by atoms with Gasteiger partial charge in [0.15, 0.2) is 0 Å². The van der Waals surface area contributed by atoms with Crippen molar-refractivity contribution in [3.63, 3.8) is 0 Å². The van der Waals surface area contributed by atoms with Crippen LogP contribution in [0.25, 0.3) is 0 Å². The van der Waals surface area contributed by atoms with Gasteiger partial charge in [0, 0.05) is 12.6 Å². The van der Waals surface area contributed by atoms with Crippen LogP contribution in [0, 0.1) is 6.92 Å². The summed E-state index contributed by atoms with van der Waals surface area (Å²) >= 11 is 3.43. The van der Waals surface area contributed by atoms with Crippen LogP contribution >= 0.6 is 15.9 Å². The lowest BCUT2D eigenvalue weighted by Crippen LogP contribution is -2.39. The lowest BCUT2D eigenvalue weighted by Gasteiger charge is -2.18. The maximum absolute atomic E-state index is 9.81. The first-order valence-corrected chi connectivity index (χ1v) is 7.27. The summed E-state index contributed by atoms with van der Waals surface area (Å²) in [6, 6.07) is 5.84. The maximum Gasteiger partial charge on any atom is 0.133 e. The van der Waals surface area contributed by atoms with Crippen LogP contribution in [-0.2, 0) is 0 Å². The maximum atomic E-state index is 9.81. The average molecular weight is 332 g/mol. The molecule has 0 aliphatic rings. The van der Waals surface area contributed by atoms with E-state index in [1.807, 2.05) is 32.0 Å². The normalized spacial score (nSPS) is 14.2. The van der Waals surface area contributed by atoms with Gasteiger partial charge in [-0.2, -0.15) is 0 Å². The molecular formula is C14H22BrNO3. The first kappa shape index (κ1) is 16.4. The second kappa shape index (κ2) is 8.53. The van der Waals surface area contributed by atoms with E-state index in [0.717, 1.165) is 22.2 Å². The summed E-state index contributed by atoms with van der Waals surface area (Å²) in [5, 5.41) is 21.9. The smallest absolute Gasteiger partial charge is 0.133 e. The van der Waals surface area contributed by atoms with Crippen molar-refractivity contribution in [3.05, 3.63) is 28.2 Å². The molecule has 0 bridgehead atoms. The number of hydrogen-bond acceptors (Lipinski definition) is 4. The molecule has 5 heteroatoms. The first-order chi connectivity index (χ1) is 9.06. The van der Waals surface area contributed by atoms with Crippen LogP contribution in [0.4, 0.5) is 0 Å². The van der Waals surface area contributed by atoms with E-state index < -0.39 is 6.10 Å². The molecule has 0 aliphatic heterocycles. The highest BCUT2D eigenvalue weighted by Gasteiger charge is 2.10. The van der Waals surface area contributed by atoms with E-state index in [-0.39, 0.29) is 19.3 Å². The van der Waals surface area contributed by atoms with Gasteiger partial charge in [0.05, 0.1) is 11.1 Å². The third-order valence-corrected chi connectivity index (χ3v) is 3.49. The molecule has 1 aromatic carbocycles. The van der Waals surface area contributed by atoms with E-state index in [4.69, 9.17) is 9.84 Å². The van der Waals surface area contributed by atoms with Gasteiger partial charge in [-0.3, -0.25) is 0 Å². The summed E-state index contributed by atoms with van der Waals surface area (Å²) in [6.45, 7) is 4.69. The highest BCUT2D eigenvalue weighted by Crippen LogP contribution is 2.25. The van der Waals surface area contributed by atoms with E-state index in [0.29, 0.717) is 6.54 Å². The molecule has 1 aromatic rings. The molecule has 108 valence electrons. The molecule has 0 heterocycles. The Morgan fingerprint density at radius 1 is 1.42 bits per heavy atom. The Morgan fingerprint density at radius 3 is 2.74 bits per heavy atom. The van der Waals surface area contributed by atoms with Crippen LogP contribution in [0.1, 0.15) is 18.9 Å². The van der Waals surface area contributed by atoms with Gasteiger partial charge >= 0.3 is 0 Å². The number of aryl methyl sites for hydroxylation is 1. The Balaban J connectivity index is 2.35. The number of ether oxygens (including phenoxy) is 1. The Labute approximate surface area is 122 Å². The average Bonchev–Trinajstić information content (AvgIpc) is 2.39. The molecule has 0 fully saturated rings. The fraction of sp³-hybridized carbons (Fsp3) is 0.571. The molecule has 0 radical (unpaired) electrons. The quantitative estimate of drug-likeness (QED) is 0.680. The summed E-state index contributed by atoms with van der Waals surface area (Å²) in [5.41, 5.74) is 1.15. The van der Waals surface area contributed by atoms with Gasteiger partial charge in [0.2, 0.25) is 0 Å². The standard InChI is InChI=1S/C14H22BrNO3/c1-3-11(8-17)16-7-12(18)9-19-14-5-4-10(2)6-13(14)15/h4-6,11-12,16-18H,3,7-9H2,1-2H3. The Hall–Kier alpha value is -0.620. The van der Waals surface area contributed by atoms with Crippen molar-refractivity contribution in [1.29, 1.82) is 0 Å². The minimum Gasteiger partial charge on any atom is -0.490 e. The van der Waals surface area contributed by atoms with E-state index in [1.165, 1.54) is 0 Å². The minimum atomic E-state index is -0.603. The molecule has 2 atom stereocenters. The molecule has 0 saturated heterocycles. The molecule has 2 unspecified atom stereocenters. The fourth-order valence-corrected chi connectivity index (χ4v) is 2.22. The van der Waals surface area contributed by atoms with Gasteiger partial charge < -0.3 is 20.3 Å². The number of aliphatic hydroxyl groups excluding tert-OH is 2. The monoisotopic (exact) mass is 331 g/mol. The number of nitrogens with one attached hydrogen (secondary N) is 1. The summed E-state index contributed by atoms with van der Waals surface area (Å²) in [5.74, 6) is 0.721. The first-order valence-electron chi connectivity index (χ1n) is 6.48. The lowest BCUT2D eigenvalue weighted by atomic mass is 10.2. The Morgan fingerprint density at radius 2 is 2.16 bits per heavy atom. The molecule has 4 nitrogen and oxygen atoms in total. The van der Waals surface area contributed by atoms with Crippen LogP contribution in [0.5, 0.6) is 5.75 Å². The second-order valence-electron chi connectivity index (χ2n) is 4.59. The molecule has 1 rings (SSSR count). The number of halogens is 1. The zero-order valence-corrected chi connectivity index (χ0v) is 13.0. The molecule has 0 saturated carbocycles. The molecular weight excluding hydrogens is 310 g/mol. The highest BCUT2D eigenvalue weighted by molar-refractivity contribution is 9.10.